The summed E-state index contributed by atoms with van der Waals surface area (Å²) in [6.45, 7) is 5.05. The number of nitrogens with zero attached hydrogens (tertiary/aromatic N) is 3. The smallest absolute Gasteiger partial charge is 0.370 e. The van der Waals surface area contributed by atoms with Crippen molar-refractivity contribution >= 4 is 36.0 Å². The molecule has 7 nitrogen and oxygen atoms in total. The Morgan fingerprint density at radius 2 is 2.10 bits per heavy atom. The molecule has 3 N–H and O–H groups in total. The van der Waals surface area contributed by atoms with Crippen LogP contribution in [0, 0.1) is 17.2 Å². The second kappa shape index (κ2) is 10.1. The number of hydrogen-bond acceptors (Lipinski definition) is 5. The molecule has 1 aliphatic heterocycles. The molecule has 1 aromatic carbocycles. The van der Waals surface area contributed by atoms with E-state index < -0.39 is 30.0 Å². The van der Waals surface area contributed by atoms with Crippen molar-refractivity contribution in [2.24, 2.45) is 16.6 Å². The molecule has 0 saturated carbocycles. The molecule has 0 spiro atoms. The van der Waals surface area contributed by atoms with E-state index in [9.17, 15) is 28.0 Å². The van der Waals surface area contributed by atoms with Crippen LogP contribution in [0.1, 0.15) is 37.3 Å². The molecule has 1 saturated heterocycles. The van der Waals surface area contributed by atoms with E-state index in [0.717, 1.165) is 0 Å². The van der Waals surface area contributed by atoms with E-state index in [1.807, 2.05) is 6.07 Å². The van der Waals surface area contributed by atoms with E-state index >= 15 is 0 Å². The Morgan fingerprint density at radius 3 is 2.65 bits per heavy atom. The van der Waals surface area contributed by atoms with Crippen molar-refractivity contribution < 1.29 is 22.8 Å². The Morgan fingerprint density at radius 1 is 1.39 bits per heavy atom. The minimum Gasteiger partial charge on any atom is -0.370 e. The Bertz CT molecular complexity index is 921. The van der Waals surface area contributed by atoms with Gasteiger partial charge in [0.15, 0.2) is 0 Å². The van der Waals surface area contributed by atoms with Gasteiger partial charge < -0.3 is 16.0 Å². The lowest BCUT2D eigenvalue weighted by Crippen LogP contribution is -2.54. The third-order valence-electron chi connectivity index (χ3n) is 5.02. The lowest BCUT2D eigenvalue weighted by atomic mass is 9.92. The van der Waals surface area contributed by atoms with Crippen LogP contribution in [0.15, 0.2) is 23.2 Å². The summed E-state index contributed by atoms with van der Waals surface area (Å²) in [6.07, 6.45) is -1.74. The van der Waals surface area contributed by atoms with Gasteiger partial charge in [-0.25, -0.2) is 0 Å². The van der Waals surface area contributed by atoms with Crippen LogP contribution in [0.3, 0.4) is 0 Å². The highest BCUT2D eigenvalue weighted by molar-refractivity contribution is 5.83. The fourth-order valence-electron chi connectivity index (χ4n) is 3.64. The molecule has 0 bridgehead atoms. The maximum atomic E-state index is 13.6. The number of nitrogens with two attached hydrogens (primary N) is 1. The van der Waals surface area contributed by atoms with Crippen LogP contribution < -0.4 is 16.0 Å². The maximum Gasteiger partial charge on any atom is 0.393 e. The number of allylic oxidation sites excluding steroid dienone is 1. The average molecular weight is 435 g/mol. The van der Waals surface area contributed by atoms with Gasteiger partial charge in [-0.05, 0) is 32.2 Å². The third kappa shape index (κ3) is 6.07. The number of carbonyl (C=O) groups is 2. The Balaban J connectivity index is 2.40. The van der Waals surface area contributed by atoms with E-state index in [1.54, 1.807) is 25.1 Å². The molecule has 1 heterocycles. The van der Waals surface area contributed by atoms with Crippen LogP contribution in [0.2, 0.25) is 0 Å². The van der Waals surface area contributed by atoms with Crippen molar-refractivity contribution in [3.63, 3.8) is 0 Å². The molecule has 2 unspecified atom stereocenters. The topological polar surface area (TPSA) is 112 Å². The van der Waals surface area contributed by atoms with Gasteiger partial charge in [0.25, 0.3) is 0 Å². The molecule has 0 aliphatic carbocycles. The standard InChI is InChI=1S/C21H24F3N5O2/c1-3-4-16-17(6-5-13(10-25)20(16)27-2)29-11-14(21(22,23)24)9-15(12-29)28-19(31)8-7-18(26)30/h3-6,14-15H,2,7-9,11-12H2,1H3,(H2,26,30)(H,28,31)/b4-3-. The molecule has 1 fully saturated rings. The normalized spacial score (nSPS) is 19.1. The van der Waals surface area contributed by atoms with Gasteiger partial charge in [-0.3, -0.25) is 14.6 Å². The Labute approximate surface area is 178 Å². The van der Waals surface area contributed by atoms with Crippen LogP contribution in [0.25, 0.3) is 6.08 Å². The summed E-state index contributed by atoms with van der Waals surface area (Å²) in [5.74, 6) is -2.86. The minimum atomic E-state index is -4.46. The van der Waals surface area contributed by atoms with Gasteiger partial charge in [-0.2, -0.15) is 18.4 Å². The SMILES string of the molecule is C=Nc1c(C#N)ccc(N2CC(NC(=O)CCC(N)=O)CC(C(F)(F)F)C2)c1/C=C\C. The van der Waals surface area contributed by atoms with Gasteiger partial charge in [0.2, 0.25) is 11.8 Å². The van der Waals surface area contributed by atoms with Gasteiger partial charge >= 0.3 is 6.18 Å². The highest BCUT2D eigenvalue weighted by atomic mass is 19.4. The summed E-state index contributed by atoms with van der Waals surface area (Å²) in [7, 11) is 0. The molecule has 2 atom stereocenters. The monoisotopic (exact) mass is 435 g/mol. The molecule has 31 heavy (non-hydrogen) atoms. The molecule has 10 heteroatoms. The lowest BCUT2D eigenvalue weighted by molar-refractivity contribution is -0.178. The molecule has 0 aromatic heterocycles. The van der Waals surface area contributed by atoms with Crippen LogP contribution in [0.4, 0.5) is 24.5 Å². The Hall–Kier alpha value is -3.35. The van der Waals surface area contributed by atoms with Crippen molar-refractivity contribution in [1.82, 2.24) is 5.32 Å². The lowest BCUT2D eigenvalue weighted by Gasteiger charge is -2.40. The van der Waals surface area contributed by atoms with E-state index in [1.165, 1.54) is 11.0 Å². The van der Waals surface area contributed by atoms with E-state index in [4.69, 9.17) is 5.73 Å². The predicted molar refractivity (Wildman–Crippen MR) is 112 cm³/mol. The van der Waals surface area contributed by atoms with Crippen molar-refractivity contribution in [1.29, 1.82) is 5.26 Å². The third-order valence-corrected chi connectivity index (χ3v) is 5.02. The number of nitriles is 1. The first-order chi connectivity index (χ1) is 14.6. The number of piperidine rings is 1. The number of primary amides is 1. The van der Waals surface area contributed by atoms with Gasteiger partial charge in [0, 0.05) is 43.2 Å². The zero-order valence-corrected chi connectivity index (χ0v) is 17.1. The Kier molecular flexibility index (Phi) is 7.80. The van der Waals surface area contributed by atoms with Crippen molar-refractivity contribution in [3.05, 3.63) is 29.3 Å². The number of halogens is 3. The second-order valence-corrected chi connectivity index (χ2v) is 7.27. The number of rotatable bonds is 7. The molecular weight excluding hydrogens is 411 g/mol. The van der Waals surface area contributed by atoms with E-state index in [2.05, 4.69) is 17.0 Å². The summed E-state index contributed by atoms with van der Waals surface area (Å²) in [5.41, 5.74) is 6.52. The van der Waals surface area contributed by atoms with Gasteiger partial charge in [0.1, 0.15) is 6.07 Å². The maximum absolute atomic E-state index is 13.6. The molecule has 1 aliphatic rings. The van der Waals surface area contributed by atoms with Gasteiger partial charge in [-0.15, -0.1) is 0 Å². The van der Waals surface area contributed by atoms with E-state index in [-0.39, 0.29) is 43.6 Å². The molecule has 0 radical (unpaired) electrons. The van der Waals surface area contributed by atoms with Crippen molar-refractivity contribution in [2.75, 3.05) is 18.0 Å². The molecule has 1 aromatic rings. The summed E-state index contributed by atoms with van der Waals surface area (Å²) < 4.78 is 40.9. The van der Waals surface area contributed by atoms with Gasteiger partial charge in [-0.1, -0.05) is 12.2 Å². The summed E-state index contributed by atoms with van der Waals surface area (Å²) in [6, 6.07) is 4.29. The summed E-state index contributed by atoms with van der Waals surface area (Å²) >= 11 is 0. The minimum absolute atomic E-state index is 0.127. The first kappa shape index (κ1) is 23.9. The zero-order valence-electron chi connectivity index (χ0n) is 17.1. The highest BCUT2D eigenvalue weighted by Gasteiger charge is 2.45. The number of carbonyl (C=O) groups excluding carboxylic acids is 2. The molecular formula is C21H24F3N5O2. The fourth-order valence-corrected chi connectivity index (χ4v) is 3.64. The zero-order chi connectivity index (χ0) is 23.2. The average Bonchev–Trinajstić information content (AvgIpc) is 2.71. The first-order valence-electron chi connectivity index (χ1n) is 9.66. The number of amides is 2. The number of aliphatic imine (C=N–C) groups is 1. The number of anilines is 1. The quantitative estimate of drug-likeness (QED) is 0.641. The second-order valence-electron chi connectivity index (χ2n) is 7.27. The van der Waals surface area contributed by atoms with E-state index in [0.29, 0.717) is 11.3 Å². The van der Waals surface area contributed by atoms with Crippen molar-refractivity contribution in [3.8, 4) is 6.07 Å². The van der Waals surface area contributed by atoms with Crippen molar-refractivity contribution in [2.45, 2.75) is 38.4 Å². The number of alkyl halides is 3. The van der Waals surface area contributed by atoms with Crippen LogP contribution in [-0.4, -0.2) is 43.8 Å². The largest absolute Gasteiger partial charge is 0.393 e. The number of nitrogens with one attached hydrogen (secondary N) is 1. The number of benzene rings is 1. The fraction of sp³-hybridized carbons (Fsp3) is 0.429. The summed E-state index contributed by atoms with van der Waals surface area (Å²) in [4.78, 5) is 28.4. The first-order valence-corrected chi connectivity index (χ1v) is 9.66. The predicted octanol–water partition coefficient (Wildman–Crippen LogP) is 3.06. The van der Waals surface area contributed by atoms with Crippen LogP contribution in [-0.2, 0) is 9.59 Å². The highest BCUT2D eigenvalue weighted by Crippen LogP contribution is 2.39. The number of hydrogen-bond donors (Lipinski definition) is 2. The van der Waals surface area contributed by atoms with Gasteiger partial charge in [0.05, 0.1) is 17.2 Å². The molecule has 2 rings (SSSR count). The van der Waals surface area contributed by atoms with Crippen LogP contribution in [0.5, 0.6) is 0 Å². The summed E-state index contributed by atoms with van der Waals surface area (Å²) in [5, 5.41) is 11.9. The molecule has 2 amide bonds. The molecule has 166 valence electrons. The van der Waals surface area contributed by atoms with Crippen LogP contribution >= 0.6 is 0 Å².